The number of hydrogen-bond donors (Lipinski definition) is 2. The van der Waals surface area contributed by atoms with Gasteiger partial charge in [0.15, 0.2) is 5.69 Å². The third-order valence-corrected chi connectivity index (χ3v) is 6.30. The number of nitrogens with two attached hydrogens (primary N) is 1. The molecule has 0 saturated heterocycles. The number of anilines is 1. The number of ether oxygens (including phenoxy) is 1. The second kappa shape index (κ2) is 12.6. The molecule has 0 aliphatic heterocycles. The van der Waals surface area contributed by atoms with Crippen molar-refractivity contribution in [2.24, 2.45) is 5.73 Å². The second-order valence-electron chi connectivity index (χ2n) is 8.49. The fourth-order valence-corrected chi connectivity index (χ4v) is 4.35. The summed E-state index contributed by atoms with van der Waals surface area (Å²) in [6, 6.07) is 8.67. The minimum atomic E-state index is -4.81. The first-order chi connectivity index (χ1) is 19.0. The first-order valence-electron chi connectivity index (χ1n) is 11.8. The Labute approximate surface area is 228 Å². The van der Waals surface area contributed by atoms with Crippen molar-refractivity contribution in [1.29, 1.82) is 0 Å². The van der Waals surface area contributed by atoms with Gasteiger partial charge in [0, 0.05) is 19.2 Å². The van der Waals surface area contributed by atoms with Crippen molar-refractivity contribution >= 4 is 28.3 Å². The highest BCUT2D eigenvalue weighted by atomic mass is 32.1. The Hall–Kier alpha value is -4.47. The number of carbonyl (C=O) groups is 2. The summed E-state index contributed by atoms with van der Waals surface area (Å²) in [5.74, 6) is -1.49. The SMILES string of the molecule is NC(=O)c1cn(CCC(F)CCc2nnc(NC(=O)Cc3cc(-c4cccc(OC(F)(F)F)c4)ccn3)s2)nn1. The van der Waals surface area contributed by atoms with E-state index in [9.17, 15) is 27.2 Å². The van der Waals surface area contributed by atoms with Crippen molar-refractivity contribution in [1.82, 2.24) is 30.2 Å². The van der Waals surface area contributed by atoms with Gasteiger partial charge in [0.1, 0.15) is 16.9 Å². The fourth-order valence-electron chi connectivity index (χ4n) is 3.58. The Bertz CT molecular complexity index is 1480. The lowest BCUT2D eigenvalue weighted by Gasteiger charge is -2.10. The summed E-state index contributed by atoms with van der Waals surface area (Å²) in [6.45, 7) is 0.223. The molecule has 16 heteroatoms. The maximum atomic E-state index is 14.3. The van der Waals surface area contributed by atoms with Crippen molar-refractivity contribution in [2.45, 2.75) is 44.8 Å². The van der Waals surface area contributed by atoms with Gasteiger partial charge in [0.05, 0.1) is 18.3 Å². The van der Waals surface area contributed by atoms with E-state index in [0.717, 1.165) is 11.3 Å². The molecule has 1 aromatic carbocycles. The molecule has 1 atom stereocenters. The maximum Gasteiger partial charge on any atom is 0.573 e. The van der Waals surface area contributed by atoms with Gasteiger partial charge in [-0.25, -0.2) is 4.39 Å². The van der Waals surface area contributed by atoms with E-state index in [2.05, 4.69) is 35.5 Å². The molecule has 0 fully saturated rings. The van der Waals surface area contributed by atoms with Crippen LogP contribution in [0.1, 0.15) is 34.0 Å². The van der Waals surface area contributed by atoms with Gasteiger partial charge in [0.2, 0.25) is 11.0 Å². The van der Waals surface area contributed by atoms with E-state index in [0.29, 0.717) is 28.2 Å². The Morgan fingerprint density at radius 3 is 2.65 bits per heavy atom. The number of halogens is 4. The van der Waals surface area contributed by atoms with Crippen LogP contribution in [0.2, 0.25) is 0 Å². The monoisotopic (exact) mass is 578 g/mol. The third kappa shape index (κ3) is 8.52. The summed E-state index contributed by atoms with van der Waals surface area (Å²) >= 11 is 1.11. The topological polar surface area (TPSA) is 151 Å². The number of aryl methyl sites for hydroxylation is 2. The average Bonchev–Trinajstić information content (AvgIpc) is 3.55. The summed E-state index contributed by atoms with van der Waals surface area (Å²) in [5, 5.41) is 18.6. The van der Waals surface area contributed by atoms with Crippen molar-refractivity contribution in [2.75, 3.05) is 5.32 Å². The molecule has 3 N–H and O–H groups in total. The molecule has 4 rings (SSSR count). The van der Waals surface area contributed by atoms with Crippen molar-refractivity contribution in [3.8, 4) is 16.9 Å². The van der Waals surface area contributed by atoms with Gasteiger partial charge in [0.25, 0.3) is 5.91 Å². The maximum absolute atomic E-state index is 14.3. The number of hydrogen-bond acceptors (Lipinski definition) is 9. The van der Waals surface area contributed by atoms with E-state index in [1.807, 2.05) is 0 Å². The predicted octanol–water partition coefficient (Wildman–Crippen LogP) is 3.73. The zero-order valence-electron chi connectivity index (χ0n) is 20.6. The summed E-state index contributed by atoms with van der Waals surface area (Å²) in [7, 11) is 0. The minimum absolute atomic E-state index is 0.00655. The smallest absolute Gasteiger partial charge is 0.406 e. The molecule has 11 nitrogen and oxygen atoms in total. The van der Waals surface area contributed by atoms with Crippen LogP contribution in [0.4, 0.5) is 22.7 Å². The van der Waals surface area contributed by atoms with E-state index in [1.165, 1.54) is 35.3 Å². The summed E-state index contributed by atoms with van der Waals surface area (Å²) in [5.41, 5.74) is 6.52. The molecule has 1 unspecified atom stereocenters. The quantitative estimate of drug-likeness (QED) is 0.242. The van der Waals surface area contributed by atoms with Gasteiger partial charge >= 0.3 is 6.36 Å². The molecule has 40 heavy (non-hydrogen) atoms. The Balaban J connectivity index is 1.26. The predicted molar refractivity (Wildman–Crippen MR) is 135 cm³/mol. The molecule has 0 radical (unpaired) electrons. The zero-order chi connectivity index (χ0) is 28.7. The number of nitrogens with zero attached hydrogens (tertiary/aromatic N) is 6. The van der Waals surface area contributed by atoms with Crippen molar-refractivity contribution in [3.05, 3.63) is 65.2 Å². The van der Waals surface area contributed by atoms with Crippen LogP contribution in [0, 0.1) is 0 Å². The van der Waals surface area contributed by atoms with E-state index in [-0.39, 0.29) is 42.4 Å². The molecule has 3 heterocycles. The van der Waals surface area contributed by atoms with Crippen LogP contribution in [0.5, 0.6) is 5.75 Å². The third-order valence-electron chi connectivity index (χ3n) is 5.41. The molecular formula is C24H22F4N8O3S. The highest BCUT2D eigenvalue weighted by molar-refractivity contribution is 7.15. The number of benzene rings is 1. The Kier molecular flexibility index (Phi) is 8.98. The molecule has 210 valence electrons. The van der Waals surface area contributed by atoms with Gasteiger partial charge < -0.3 is 15.8 Å². The highest BCUT2D eigenvalue weighted by Gasteiger charge is 2.31. The summed E-state index contributed by atoms with van der Waals surface area (Å²) in [4.78, 5) is 27.7. The lowest BCUT2D eigenvalue weighted by Crippen LogP contribution is -2.17. The minimum Gasteiger partial charge on any atom is -0.406 e. The number of nitrogens with one attached hydrogen (secondary N) is 1. The van der Waals surface area contributed by atoms with Crippen LogP contribution >= 0.6 is 11.3 Å². The van der Waals surface area contributed by atoms with Crippen LogP contribution in [-0.2, 0) is 24.2 Å². The van der Waals surface area contributed by atoms with E-state index in [4.69, 9.17) is 5.73 Å². The lowest BCUT2D eigenvalue weighted by molar-refractivity contribution is -0.274. The number of alkyl halides is 4. The first kappa shape index (κ1) is 28.5. The Morgan fingerprint density at radius 1 is 1.10 bits per heavy atom. The van der Waals surface area contributed by atoms with E-state index in [1.54, 1.807) is 18.2 Å². The molecule has 2 amide bonds. The molecule has 0 bridgehead atoms. The molecule has 0 spiro atoms. The molecule has 0 aliphatic carbocycles. The lowest BCUT2D eigenvalue weighted by atomic mass is 10.1. The van der Waals surface area contributed by atoms with Crippen LogP contribution < -0.4 is 15.8 Å². The van der Waals surface area contributed by atoms with Gasteiger partial charge in [-0.2, -0.15) is 0 Å². The van der Waals surface area contributed by atoms with Crippen LogP contribution in [0.25, 0.3) is 11.1 Å². The van der Waals surface area contributed by atoms with Gasteiger partial charge in [-0.05, 0) is 48.2 Å². The largest absolute Gasteiger partial charge is 0.573 e. The highest BCUT2D eigenvalue weighted by Crippen LogP contribution is 2.28. The molecular weight excluding hydrogens is 556 g/mol. The number of pyridine rings is 1. The van der Waals surface area contributed by atoms with Crippen LogP contribution in [0.15, 0.2) is 48.8 Å². The van der Waals surface area contributed by atoms with Crippen LogP contribution in [0.3, 0.4) is 0 Å². The molecule has 4 aromatic rings. The Morgan fingerprint density at radius 2 is 1.90 bits per heavy atom. The summed E-state index contributed by atoms with van der Waals surface area (Å²) < 4.78 is 57.2. The second-order valence-corrected chi connectivity index (χ2v) is 9.56. The van der Waals surface area contributed by atoms with Gasteiger partial charge in [-0.1, -0.05) is 28.7 Å². The molecule has 0 aliphatic rings. The molecule has 3 aromatic heterocycles. The number of rotatable bonds is 12. The standard InChI is InChI=1S/C24H22F4N8O3S/c25-16(7-9-36-13-19(22(29)38)32-35-36)4-5-21-33-34-23(40-21)31-20(37)12-17-10-15(6-8-30-17)14-2-1-3-18(11-14)39-24(26,27)28/h1-3,6,8,10-11,13,16H,4-5,7,9,12H2,(H2,29,38)(H,31,34,37). The number of amides is 2. The number of primary amides is 1. The van der Waals surface area contributed by atoms with Crippen molar-refractivity contribution in [3.63, 3.8) is 0 Å². The zero-order valence-corrected chi connectivity index (χ0v) is 21.5. The molecule has 0 saturated carbocycles. The van der Waals surface area contributed by atoms with Gasteiger partial charge in [-0.15, -0.1) is 28.5 Å². The number of carbonyl (C=O) groups excluding carboxylic acids is 2. The first-order valence-corrected chi connectivity index (χ1v) is 12.6. The van der Waals surface area contributed by atoms with Crippen LogP contribution in [-0.4, -0.2) is 54.5 Å². The average molecular weight is 579 g/mol. The van der Waals surface area contributed by atoms with E-state index < -0.39 is 24.3 Å². The van der Waals surface area contributed by atoms with E-state index >= 15 is 0 Å². The normalized spacial score (nSPS) is 12.2. The van der Waals surface area contributed by atoms with Crippen molar-refractivity contribution < 1.29 is 31.9 Å². The summed E-state index contributed by atoms with van der Waals surface area (Å²) in [6.07, 6.45) is -2.66. The fraction of sp³-hybridized carbons (Fsp3) is 0.292. The number of aromatic nitrogens is 6. The van der Waals surface area contributed by atoms with Gasteiger partial charge in [-0.3, -0.25) is 19.3 Å².